The molecular weight excluding hydrogens is 576 g/mol. The second-order valence-electron chi connectivity index (χ2n) is 9.33. The molecule has 2 aromatic heterocycles. The highest BCUT2D eigenvalue weighted by atomic mass is 32.2. The second kappa shape index (κ2) is 9.59. The number of halogens is 6. The maximum atomic E-state index is 13.3. The topological polar surface area (TPSA) is 73.6 Å². The third-order valence-corrected chi connectivity index (χ3v) is 9.76. The van der Waals surface area contributed by atoms with Crippen molar-refractivity contribution < 1.29 is 39.6 Å². The molecule has 0 aliphatic heterocycles. The van der Waals surface area contributed by atoms with E-state index in [2.05, 4.69) is 10.3 Å². The fourth-order valence-corrected chi connectivity index (χ4v) is 7.52. The van der Waals surface area contributed by atoms with E-state index in [4.69, 9.17) is 4.84 Å². The molecule has 6 nitrogen and oxygen atoms in total. The number of benzene rings is 1. The molecular formula is C23H21F6N3O3S3. The molecule has 15 heteroatoms. The zero-order chi connectivity index (χ0) is 28.3. The lowest BCUT2D eigenvalue weighted by Crippen LogP contribution is -2.27. The van der Waals surface area contributed by atoms with Gasteiger partial charge >= 0.3 is 12.4 Å². The fourth-order valence-electron chi connectivity index (χ4n) is 4.27. The van der Waals surface area contributed by atoms with Gasteiger partial charge < -0.3 is 4.84 Å². The normalized spacial score (nSPS) is 17.1. The van der Waals surface area contributed by atoms with Gasteiger partial charge in [0.2, 0.25) is 0 Å². The summed E-state index contributed by atoms with van der Waals surface area (Å²) >= 11 is 2.81. The Bertz CT molecular complexity index is 1490. The third-order valence-electron chi connectivity index (χ3n) is 5.86. The van der Waals surface area contributed by atoms with Crippen LogP contribution < -0.4 is 0 Å². The molecule has 0 fully saturated rings. The van der Waals surface area contributed by atoms with Gasteiger partial charge in [0.1, 0.15) is 12.8 Å². The van der Waals surface area contributed by atoms with Crippen molar-refractivity contribution in [2.45, 2.75) is 48.1 Å². The van der Waals surface area contributed by atoms with Crippen molar-refractivity contribution in [1.82, 2.24) is 9.19 Å². The number of rotatable bonds is 5. The van der Waals surface area contributed by atoms with Crippen LogP contribution in [0.4, 0.5) is 26.3 Å². The minimum atomic E-state index is -5.20. The molecule has 0 amide bonds. The summed E-state index contributed by atoms with van der Waals surface area (Å²) in [5, 5.41) is 8.26. The summed E-state index contributed by atoms with van der Waals surface area (Å²) in [6.07, 6.45) is -6.27. The summed E-state index contributed by atoms with van der Waals surface area (Å²) in [6.45, 7) is 4.08. The van der Waals surface area contributed by atoms with Crippen molar-refractivity contribution in [3.05, 3.63) is 52.7 Å². The maximum absolute atomic E-state index is 13.3. The highest BCUT2D eigenvalue weighted by molar-refractivity contribution is 8.00. The molecule has 206 valence electrons. The quantitative estimate of drug-likeness (QED) is 0.181. The lowest BCUT2D eigenvalue weighted by molar-refractivity contribution is -0.143. The minimum Gasteiger partial charge on any atom is -0.399 e. The van der Waals surface area contributed by atoms with Gasteiger partial charge in [0.05, 0.1) is 30.8 Å². The second-order valence-corrected chi connectivity index (χ2v) is 13.2. The number of fused-ring (bicyclic) bond motifs is 1. The summed E-state index contributed by atoms with van der Waals surface area (Å²) in [5.41, 5.74) is -1.01. The first-order valence-corrected chi connectivity index (χ1v) is 14.4. The van der Waals surface area contributed by atoms with E-state index in [9.17, 15) is 34.8 Å². The Morgan fingerprint density at radius 3 is 2.21 bits per heavy atom. The van der Waals surface area contributed by atoms with Gasteiger partial charge in [-0.15, -0.1) is 23.1 Å². The number of hydrogen-bond acceptors (Lipinski definition) is 7. The highest BCUT2D eigenvalue weighted by Crippen LogP contribution is 2.48. The number of hydrogen-bond donors (Lipinski definition) is 0. The van der Waals surface area contributed by atoms with Crippen LogP contribution >= 0.6 is 23.1 Å². The van der Waals surface area contributed by atoms with E-state index in [0.717, 1.165) is 27.2 Å². The molecule has 3 aromatic rings. The molecule has 0 saturated heterocycles. The molecule has 0 saturated carbocycles. The van der Waals surface area contributed by atoms with Crippen LogP contribution in [0, 0.1) is 5.41 Å². The van der Waals surface area contributed by atoms with Gasteiger partial charge in [-0.25, -0.2) is 0 Å². The average Bonchev–Trinajstić information content (AvgIpc) is 3.42. The average molecular weight is 598 g/mol. The van der Waals surface area contributed by atoms with Crippen molar-refractivity contribution in [1.29, 1.82) is 0 Å². The molecule has 0 atom stereocenters. The number of thioether (sulfide) groups is 1. The van der Waals surface area contributed by atoms with Crippen LogP contribution in [0.2, 0.25) is 0 Å². The van der Waals surface area contributed by atoms with Gasteiger partial charge in [-0.05, 0) is 54.3 Å². The van der Waals surface area contributed by atoms with E-state index in [1.54, 1.807) is 0 Å². The Labute approximate surface area is 222 Å². The lowest BCUT2D eigenvalue weighted by Gasteiger charge is -2.31. The predicted octanol–water partition coefficient (Wildman–Crippen LogP) is 6.93. The van der Waals surface area contributed by atoms with E-state index in [-0.39, 0.29) is 29.3 Å². The number of thiophene rings is 1. The first kappa shape index (κ1) is 28.5. The number of alkyl halides is 6. The van der Waals surface area contributed by atoms with Crippen LogP contribution in [0.3, 0.4) is 0 Å². The van der Waals surface area contributed by atoms with Gasteiger partial charge in [0.15, 0.2) is 0 Å². The molecule has 1 aliphatic carbocycles. The van der Waals surface area contributed by atoms with Gasteiger partial charge in [-0.2, -0.15) is 43.9 Å². The zero-order valence-electron chi connectivity index (χ0n) is 20.4. The SMILES string of the molecule is CO/N=C1\CC(C)(C)Cc2c(-c3ccn(S(=O)(=O)c4cc(C(F)(F)F)cc(C(F)(F)F)c4)n3)sc(SC)c21. The van der Waals surface area contributed by atoms with E-state index < -0.39 is 38.4 Å². The minimum absolute atomic E-state index is 0.129. The molecule has 1 aliphatic rings. The first-order valence-electron chi connectivity index (χ1n) is 10.9. The van der Waals surface area contributed by atoms with Gasteiger partial charge in [-0.1, -0.05) is 19.0 Å². The monoisotopic (exact) mass is 597 g/mol. The third kappa shape index (κ3) is 5.32. The zero-order valence-corrected chi connectivity index (χ0v) is 22.8. The lowest BCUT2D eigenvalue weighted by atomic mass is 9.74. The summed E-state index contributed by atoms with van der Waals surface area (Å²) in [6, 6.07) is 1.57. The van der Waals surface area contributed by atoms with Crippen molar-refractivity contribution in [2.24, 2.45) is 10.6 Å². The number of aromatic nitrogens is 2. The number of nitrogens with zero attached hydrogens (tertiary/aromatic N) is 3. The van der Waals surface area contributed by atoms with Crippen molar-refractivity contribution in [3.8, 4) is 10.6 Å². The van der Waals surface area contributed by atoms with Crippen LogP contribution in [0.1, 0.15) is 42.5 Å². The van der Waals surface area contributed by atoms with Crippen molar-refractivity contribution >= 4 is 38.8 Å². The highest BCUT2D eigenvalue weighted by Gasteiger charge is 2.39. The smallest absolute Gasteiger partial charge is 0.399 e. The Morgan fingerprint density at radius 1 is 1.08 bits per heavy atom. The molecule has 0 bridgehead atoms. The molecule has 2 heterocycles. The van der Waals surface area contributed by atoms with Gasteiger partial charge in [0, 0.05) is 11.8 Å². The van der Waals surface area contributed by atoms with Gasteiger partial charge in [0.25, 0.3) is 10.0 Å². The summed E-state index contributed by atoms with van der Waals surface area (Å²) < 4.78 is 107. The Hall–Kier alpha value is -2.52. The molecule has 1 aromatic carbocycles. The molecule has 0 spiro atoms. The molecule has 0 radical (unpaired) electrons. The van der Waals surface area contributed by atoms with Crippen molar-refractivity contribution in [2.75, 3.05) is 13.4 Å². The van der Waals surface area contributed by atoms with Gasteiger partial charge in [-0.3, -0.25) is 0 Å². The Balaban J connectivity index is 1.85. The standard InChI is InChI=1S/C23H21F6N3O3S3/c1-21(2)10-15-18(17(11-21)31-35-3)20(36-4)37-19(15)16-5-6-32(30-16)38(33,34)14-8-12(22(24,25)26)7-13(9-14)23(27,28)29/h5-9H,10-11H2,1-4H3/b31-17+. The van der Waals surface area contributed by atoms with E-state index in [0.29, 0.717) is 21.8 Å². The first-order chi connectivity index (χ1) is 17.5. The number of oxime groups is 1. The van der Waals surface area contributed by atoms with E-state index in [1.807, 2.05) is 20.1 Å². The maximum Gasteiger partial charge on any atom is 0.416 e. The Morgan fingerprint density at radius 2 is 1.68 bits per heavy atom. The molecule has 4 rings (SSSR count). The van der Waals surface area contributed by atoms with Crippen LogP contribution in [-0.4, -0.2) is 36.7 Å². The van der Waals surface area contributed by atoms with Crippen molar-refractivity contribution in [3.63, 3.8) is 0 Å². The molecule has 0 N–H and O–H groups in total. The van der Waals surface area contributed by atoms with E-state index >= 15 is 0 Å². The van der Waals surface area contributed by atoms with Crippen LogP contribution in [-0.2, 0) is 33.6 Å². The fraction of sp³-hybridized carbons (Fsp3) is 0.391. The summed E-state index contributed by atoms with van der Waals surface area (Å²) in [5.74, 6) is 0. The van der Waals surface area contributed by atoms with E-state index in [1.165, 1.54) is 36.3 Å². The Kier molecular flexibility index (Phi) is 7.19. The summed E-state index contributed by atoms with van der Waals surface area (Å²) in [7, 11) is -3.46. The largest absolute Gasteiger partial charge is 0.416 e. The summed E-state index contributed by atoms with van der Waals surface area (Å²) in [4.78, 5) is 4.49. The molecule has 0 unspecified atom stereocenters. The molecule has 38 heavy (non-hydrogen) atoms. The van der Waals surface area contributed by atoms with Crippen LogP contribution in [0.25, 0.3) is 10.6 Å². The predicted molar refractivity (Wildman–Crippen MR) is 132 cm³/mol. The van der Waals surface area contributed by atoms with Crippen LogP contribution in [0.5, 0.6) is 0 Å². The van der Waals surface area contributed by atoms with Crippen LogP contribution in [0.15, 0.2) is 44.7 Å².